The second kappa shape index (κ2) is 7.09. The number of hydrogen-bond acceptors (Lipinski definition) is 2. The summed E-state index contributed by atoms with van der Waals surface area (Å²) in [6.07, 6.45) is -5.96. The summed E-state index contributed by atoms with van der Waals surface area (Å²) in [6.45, 7) is 4.34. The van der Waals surface area contributed by atoms with Gasteiger partial charge in [-0.15, -0.1) is 0 Å². The lowest BCUT2D eigenvalue weighted by Gasteiger charge is -2.13. The summed E-state index contributed by atoms with van der Waals surface area (Å²) < 4.78 is 38.7. The maximum absolute atomic E-state index is 11.5. The molecule has 74 valence electrons. The average molecular weight is 186 g/mol. The number of ether oxygens (including phenoxy) is 1. The highest BCUT2D eigenvalue weighted by Crippen LogP contribution is 2.21. The molecule has 0 saturated carbocycles. The Bertz CT molecular complexity index is 112. The molecule has 0 aromatic heterocycles. The van der Waals surface area contributed by atoms with Crippen LogP contribution in [0.1, 0.15) is 20.8 Å². The van der Waals surface area contributed by atoms with Gasteiger partial charge in [-0.05, 0) is 6.92 Å². The maximum atomic E-state index is 11.5. The molecule has 0 N–H and O–H groups in total. The molecule has 0 aromatic carbocycles. The first kappa shape index (κ1) is 14.0. The fraction of sp³-hybridized carbons (Fsp3) is 0.857. The summed E-state index contributed by atoms with van der Waals surface area (Å²) in [4.78, 5) is 9.54. The van der Waals surface area contributed by atoms with Crippen molar-refractivity contribution in [2.45, 2.75) is 33.1 Å². The summed E-state index contributed by atoms with van der Waals surface area (Å²) in [5, 5.41) is 0. The Balaban J connectivity index is 0. The fourth-order valence-electron chi connectivity index (χ4n) is 0.278. The van der Waals surface area contributed by atoms with E-state index in [2.05, 4.69) is 4.74 Å². The lowest BCUT2D eigenvalue weighted by molar-refractivity contribution is -0.212. The van der Waals surface area contributed by atoms with E-state index in [1.807, 2.05) is 13.8 Å². The van der Waals surface area contributed by atoms with Gasteiger partial charge >= 0.3 is 6.18 Å². The fourth-order valence-corrected chi connectivity index (χ4v) is 0.278. The van der Waals surface area contributed by atoms with Crippen LogP contribution < -0.4 is 0 Å². The molecule has 0 fully saturated rings. The van der Waals surface area contributed by atoms with Gasteiger partial charge in [-0.25, -0.2) is 0 Å². The smallest absolute Gasteiger partial charge is 0.362 e. The van der Waals surface area contributed by atoms with Crippen LogP contribution in [-0.2, 0) is 9.53 Å². The van der Waals surface area contributed by atoms with Crippen molar-refractivity contribution < 1.29 is 22.7 Å². The normalized spacial score (nSPS) is 12.8. The van der Waals surface area contributed by atoms with Crippen molar-refractivity contribution in [2.24, 2.45) is 0 Å². The van der Waals surface area contributed by atoms with Crippen molar-refractivity contribution in [3.8, 4) is 0 Å². The van der Waals surface area contributed by atoms with Crippen molar-refractivity contribution in [3.63, 3.8) is 0 Å². The number of alkyl halides is 3. The van der Waals surface area contributed by atoms with Gasteiger partial charge in [0.1, 0.15) is 12.9 Å². The van der Waals surface area contributed by atoms with E-state index in [4.69, 9.17) is 0 Å². The Morgan fingerprint density at radius 2 is 1.83 bits per heavy atom. The SMILES string of the molecule is CC.CC(OCC=O)C(F)(F)F. The summed E-state index contributed by atoms with van der Waals surface area (Å²) in [5.41, 5.74) is 0. The molecule has 0 spiro atoms. The van der Waals surface area contributed by atoms with Crippen molar-refractivity contribution >= 4 is 6.29 Å². The van der Waals surface area contributed by atoms with E-state index in [0.29, 0.717) is 0 Å². The van der Waals surface area contributed by atoms with Crippen LogP contribution in [0, 0.1) is 0 Å². The minimum atomic E-state index is -4.37. The third-order valence-electron chi connectivity index (χ3n) is 0.875. The number of carbonyl (C=O) groups excluding carboxylic acids is 1. The van der Waals surface area contributed by atoms with Crippen LogP contribution >= 0.6 is 0 Å². The maximum Gasteiger partial charge on any atom is 0.414 e. The predicted octanol–water partition coefficient (Wildman–Crippen LogP) is 2.18. The second-order valence-electron chi connectivity index (χ2n) is 1.68. The number of hydrogen-bond donors (Lipinski definition) is 0. The van der Waals surface area contributed by atoms with Crippen LogP contribution in [-0.4, -0.2) is 25.2 Å². The average Bonchev–Trinajstić information content (AvgIpc) is 2.02. The monoisotopic (exact) mass is 186 g/mol. The molecule has 1 atom stereocenters. The standard InChI is InChI=1S/C5H7F3O2.C2H6/c1-4(5(6,7)8)10-3-2-9;1-2/h2,4H,3H2,1H3;1-2H3. The van der Waals surface area contributed by atoms with Crippen LogP contribution in [0.15, 0.2) is 0 Å². The van der Waals surface area contributed by atoms with E-state index in [1.165, 1.54) is 0 Å². The molecule has 1 unspecified atom stereocenters. The van der Waals surface area contributed by atoms with Crippen LogP contribution in [0.25, 0.3) is 0 Å². The Morgan fingerprint density at radius 1 is 1.42 bits per heavy atom. The molecule has 5 heteroatoms. The lowest BCUT2D eigenvalue weighted by Crippen LogP contribution is -2.28. The molecular weight excluding hydrogens is 173 g/mol. The molecule has 12 heavy (non-hydrogen) atoms. The molecule has 0 bridgehead atoms. The predicted molar refractivity (Wildman–Crippen MR) is 38.9 cm³/mol. The van der Waals surface area contributed by atoms with Crippen molar-refractivity contribution in [1.29, 1.82) is 0 Å². The highest BCUT2D eigenvalue weighted by Gasteiger charge is 2.36. The van der Waals surface area contributed by atoms with Crippen LogP contribution in [0.5, 0.6) is 0 Å². The molecule has 0 rings (SSSR count). The van der Waals surface area contributed by atoms with Crippen molar-refractivity contribution in [3.05, 3.63) is 0 Å². The molecule has 0 heterocycles. The summed E-state index contributed by atoms with van der Waals surface area (Å²) in [5.74, 6) is 0. The molecule has 0 aliphatic carbocycles. The second-order valence-corrected chi connectivity index (χ2v) is 1.68. The van der Waals surface area contributed by atoms with Gasteiger partial charge in [0.25, 0.3) is 0 Å². The van der Waals surface area contributed by atoms with E-state index >= 15 is 0 Å². The van der Waals surface area contributed by atoms with E-state index in [-0.39, 0.29) is 6.29 Å². The number of carbonyl (C=O) groups is 1. The lowest BCUT2D eigenvalue weighted by atomic mass is 10.4. The molecule has 2 nitrogen and oxygen atoms in total. The summed E-state index contributed by atoms with van der Waals surface area (Å²) in [7, 11) is 0. The molecule has 0 radical (unpaired) electrons. The Hall–Kier alpha value is -0.580. The van der Waals surface area contributed by atoms with Crippen molar-refractivity contribution in [1.82, 2.24) is 0 Å². The topological polar surface area (TPSA) is 26.3 Å². The van der Waals surface area contributed by atoms with Crippen molar-refractivity contribution in [2.75, 3.05) is 6.61 Å². The van der Waals surface area contributed by atoms with Gasteiger partial charge in [0.05, 0.1) is 0 Å². The van der Waals surface area contributed by atoms with E-state index in [0.717, 1.165) is 6.92 Å². The molecular formula is C7H13F3O2. The highest BCUT2D eigenvalue weighted by atomic mass is 19.4. The third kappa shape index (κ3) is 7.53. The zero-order valence-electron chi connectivity index (χ0n) is 7.31. The van der Waals surface area contributed by atoms with E-state index in [9.17, 15) is 18.0 Å². The van der Waals surface area contributed by atoms with Gasteiger partial charge in [0.15, 0.2) is 6.10 Å². The highest BCUT2D eigenvalue weighted by molar-refractivity contribution is 5.50. The van der Waals surface area contributed by atoms with Gasteiger partial charge in [0.2, 0.25) is 0 Å². The van der Waals surface area contributed by atoms with E-state index in [1.54, 1.807) is 0 Å². The number of aldehydes is 1. The van der Waals surface area contributed by atoms with Gasteiger partial charge in [-0.2, -0.15) is 13.2 Å². The number of halogens is 3. The zero-order chi connectivity index (χ0) is 10.2. The van der Waals surface area contributed by atoms with Crippen LogP contribution in [0.4, 0.5) is 13.2 Å². The first-order valence-corrected chi connectivity index (χ1v) is 3.60. The Labute approximate surface area is 69.7 Å². The summed E-state index contributed by atoms with van der Waals surface area (Å²) in [6, 6.07) is 0. The molecule has 0 aliphatic rings. The summed E-state index contributed by atoms with van der Waals surface area (Å²) >= 11 is 0. The largest absolute Gasteiger partial charge is 0.414 e. The minimum Gasteiger partial charge on any atom is -0.362 e. The van der Waals surface area contributed by atoms with Gasteiger partial charge in [-0.1, -0.05) is 13.8 Å². The molecule has 0 aromatic rings. The first-order chi connectivity index (χ1) is 5.48. The number of rotatable bonds is 3. The molecule has 0 aliphatic heterocycles. The quantitative estimate of drug-likeness (QED) is 0.631. The van der Waals surface area contributed by atoms with Gasteiger partial charge < -0.3 is 9.53 Å². The van der Waals surface area contributed by atoms with Crippen LogP contribution in [0.2, 0.25) is 0 Å². The van der Waals surface area contributed by atoms with Crippen LogP contribution in [0.3, 0.4) is 0 Å². The zero-order valence-corrected chi connectivity index (χ0v) is 7.31. The van der Waals surface area contributed by atoms with E-state index < -0.39 is 18.9 Å². The minimum absolute atomic E-state index is 0.280. The Morgan fingerprint density at radius 3 is 2.08 bits per heavy atom. The molecule has 0 amide bonds. The third-order valence-corrected chi connectivity index (χ3v) is 0.875. The Kier molecular flexibility index (Phi) is 8.26. The molecule has 0 saturated heterocycles. The first-order valence-electron chi connectivity index (χ1n) is 3.60. The van der Waals surface area contributed by atoms with Gasteiger partial charge in [-0.3, -0.25) is 0 Å². The van der Waals surface area contributed by atoms with Gasteiger partial charge in [0, 0.05) is 0 Å².